The zero-order valence-corrected chi connectivity index (χ0v) is 6.86. The van der Waals surface area contributed by atoms with Crippen LogP contribution in [0, 0.1) is 0 Å². The second-order valence-electron chi connectivity index (χ2n) is 2.13. The molecule has 0 radical (unpaired) electrons. The number of carbonyl (C=O) groups is 1. The molecule has 4 heteroatoms. The average Bonchev–Trinajstić information content (AvgIpc) is 2.06. The van der Waals surface area contributed by atoms with Crippen LogP contribution in [0.2, 0.25) is 0 Å². The molecule has 0 saturated carbocycles. The number of ether oxygens (including phenoxy) is 1. The average molecular weight is 166 g/mol. The van der Waals surface area contributed by atoms with E-state index in [0.717, 1.165) is 6.29 Å². The maximum absolute atomic E-state index is 10.1. The van der Waals surface area contributed by atoms with Gasteiger partial charge in [0.1, 0.15) is 6.29 Å². The van der Waals surface area contributed by atoms with Crippen molar-refractivity contribution in [2.75, 3.05) is 6.61 Å². The van der Waals surface area contributed by atoms with E-state index in [1.807, 2.05) is 6.92 Å². The Kier molecular flexibility index (Phi) is 3.19. The van der Waals surface area contributed by atoms with Crippen molar-refractivity contribution in [3.05, 3.63) is 18.0 Å². The Balaban J connectivity index is 2.73. The zero-order chi connectivity index (χ0) is 8.81. The van der Waals surface area contributed by atoms with E-state index in [2.05, 4.69) is 9.97 Å². The van der Waals surface area contributed by atoms with E-state index in [0.29, 0.717) is 24.7 Å². The molecule has 12 heavy (non-hydrogen) atoms. The number of aromatic nitrogens is 2. The van der Waals surface area contributed by atoms with Crippen molar-refractivity contribution in [1.29, 1.82) is 0 Å². The summed E-state index contributed by atoms with van der Waals surface area (Å²) in [4.78, 5) is 18.0. The molecule has 0 fully saturated rings. The van der Waals surface area contributed by atoms with Crippen molar-refractivity contribution in [2.24, 2.45) is 0 Å². The van der Waals surface area contributed by atoms with Crippen molar-refractivity contribution in [3.8, 4) is 6.01 Å². The van der Waals surface area contributed by atoms with E-state index in [4.69, 9.17) is 4.74 Å². The Morgan fingerprint density at radius 3 is 3.17 bits per heavy atom. The van der Waals surface area contributed by atoms with Crippen LogP contribution in [0.5, 0.6) is 6.01 Å². The van der Waals surface area contributed by atoms with E-state index in [1.54, 1.807) is 12.3 Å². The van der Waals surface area contributed by atoms with Gasteiger partial charge in [-0.05, 0) is 13.0 Å². The van der Waals surface area contributed by atoms with Gasteiger partial charge >= 0.3 is 6.01 Å². The first-order valence-electron chi connectivity index (χ1n) is 3.75. The van der Waals surface area contributed by atoms with E-state index in [9.17, 15) is 4.79 Å². The molecule has 0 saturated heterocycles. The minimum absolute atomic E-state index is 0.308. The Morgan fingerprint density at radius 2 is 2.50 bits per heavy atom. The third-order valence-electron chi connectivity index (χ3n) is 1.26. The van der Waals surface area contributed by atoms with E-state index in [1.165, 1.54) is 0 Å². The molecule has 1 heterocycles. The Morgan fingerprint density at radius 1 is 1.67 bits per heavy atom. The first-order chi connectivity index (χ1) is 5.86. The van der Waals surface area contributed by atoms with Gasteiger partial charge in [0, 0.05) is 12.6 Å². The summed E-state index contributed by atoms with van der Waals surface area (Å²) in [6.45, 7) is 2.39. The Labute approximate surface area is 70.6 Å². The summed E-state index contributed by atoms with van der Waals surface area (Å²) in [6.07, 6.45) is 2.69. The van der Waals surface area contributed by atoms with Gasteiger partial charge in [-0.25, -0.2) is 4.98 Å². The molecular formula is C8H10N2O2. The summed E-state index contributed by atoms with van der Waals surface area (Å²) in [5, 5.41) is 0. The monoisotopic (exact) mass is 166 g/mol. The predicted molar refractivity (Wildman–Crippen MR) is 43.0 cm³/mol. The highest BCUT2D eigenvalue weighted by Gasteiger charge is 1.97. The first-order valence-corrected chi connectivity index (χ1v) is 3.75. The number of rotatable bonds is 4. The maximum atomic E-state index is 10.1. The van der Waals surface area contributed by atoms with Crippen molar-refractivity contribution >= 4 is 6.29 Å². The zero-order valence-electron chi connectivity index (χ0n) is 6.86. The van der Waals surface area contributed by atoms with Crippen molar-refractivity contribution in [1.82, 2.24) is 9.97 Å². The molecule has 0 aliphatic heterocycles. The highest BCUT2D eigenvalue weighted by molar-refractivity contribution is 5.53. The third-order valence-corrected chi connectivity index (χ3v) is 1.26. The van der Waals surface area contributed by atoms with Crippen molar-refractivity contribution < 1.29 is 9.53 Å². The second-order valence-corrected chi connectivity index (χ2v) is 2.13. The molecule has 0 atom stereocenters. The SMILES string of the molecule is CCOc1nccc(CC=O)n1. The van der Waals surface area contributed by atoms with Gasteiger partial charge in [-0.15, -0.1) is 0 Å². The Hall–Kier alpha value is -1.45. The van der Waals surface area contributed by atoms with Gasteiger partial charge in [0.05, 0.1) is 12.3 Å². The van der Waals surface area contributed by atoms with Crippen LogP contribution < -0.4 is 4.74 Å². The number of aldehydes is 1. The normalized spacial score (nSPS) is 9.42. The van der Waals surface area contributed by atoms with Gasteiger partial charge in [0.2, 0.25) is 0 Å². The van der Waals surface area contributed by atoms with Crippen molar-refractivity contribution in [3.63, 3.8) is 0 Å². The molecule has 0 aliphatic rings. The highest BCUT2D eigenvalue weighted by Crippen LogP contribution is 2.02. The number of hydrogen-bond donors (Lipinski definition) is 0. The van der Waals surface area contributed by atoms with Gasteiger partial charge in [0.15, 0.2) is 0 Å². The molecular weight excluding hydrogens is 156 g/mol. The summed E-state index contributed by atoms with van der Waals surface area (Å²) in [6, 6.07) is 2.02. The summed E-state index contributed by atoms with van der Waals surface area (Å²) in [5.74, 6) is 0. The van der Waals surface area contributed by atoms with E-state index >= 15 is 0 Å². The molecule has 64 valence electrons. The second kappa shape index (κ2) is 4.43. The smallest absolute Gasteiger partial charge is 0.316 e. The predicted octanol–water partition coefficient (Wildman–Crippen LogP) is 0.617. The maximum Gasteiger partial charge on any atom is 0.316 e. The number of hydrogen-bond acceptors (Lipinski definition) is 4. The van der Waals surface area contributed by atoms with Gasteiger partial charge in [0.25, 0.3) is 0 Å². The van der Waals surface area contributed by atoms with Crippen LogP contribution in [0.4, 0.5) is 0 Å². The van der Waals surface area contributed by atoms with Crippen LogP contribution in [-0.2, 0) is 11.2 Å². The van der Waals surface area contributed by atoms with E-state index in [-0.39, 0.29) is 0 Å². The quantitative estimate of drug-likeness (QED) is 0.615. The summed E-state index contributed by atoms with van der Waals surface area (Å²) < 4.78 is 5.05. The molecule has 4 nitrogen and oxygen atoms in total. The lowest BCUT2D eigenvalue weighted by molar-refractivity contribution is -0.107. The molecule has 0 bridgehead atoms. The standard InChI is InChI=1S/C8H10N2O2/c1-2-12-8-9-5-3-7(10-8)4-6-11/h3,5-6H,2,4H2,1H3. The minimum atomic E-state index is 0.308. The fourth-order valence-electron chi connectivity index (χ4n) is 0.774. The molecule has 1 aromatic heterocycles. The van der Waals surface area contributed by atoms with Crippen molar-refractivity contribution in [2.45, 2.75) is 13.3 Å². The van der Waals surface area contributed by atoms with Gasteiger partial charge < -0.3 is 9.53 Å². The number of nitrogens with zero attached hydrogens (tertiary/aromatic N) is 2. The van der Waals surface area contributed by atoms with Gasteiger partial charge in [-0.2, -0.15) is 4.98 Å². The van der Waals surface area contributed by atoms with Gasteiger partial charge in [-0.3, -0.25) is 0 Å². The summed E-state index contributed by atoms with van der Waals surface area (Å²) in [5.41, 5.74) is 0.684. The molecule has 0 aromatic carbocycles. The third kappa shape index (κ3) is 2.30. The van der Waals surface area contributed by atoms with Crippen LogP contribution in [0.1, 0.15) is 12.6 Å². The number of carbonyl (C=O) groups excluding carboxylic acids is 1. The fourth-order valence-corrected chi connectivity index (χ4v) is 0.774. The fraction of sp³-hybridized carbons (Fsp3) is 0.375. The lowest BCUT2D eigenvalue weighted by Gasteiger charge is -2.00. The lowest BCUT2D eigenvalue weighted by atomic mass is 10.3. The van der Waals surface area contributed by atoms with E-state index < -0.39 is 0 Å². The molecule has 0 amide bonds. The molecule has 1 rings (SSSR count). The molecule has 0 unspecified atom stereocenters. The Bertz CT molecular complexity index is 263. The largest absolute Gasteiger partial charge is 0.464 e. The van der Waals surface area contributed by atoms with Crippen LogP contribution in [-0.4, -0.2) is 22.9 Å². The summed E-state index contributed by atoms with van der Waals surface area (Å²) >= 11 is 0. The minimum Gasteiger partial charge on any atom is -0.464 e. The molecule has 0 spiro atoms. The van der Waals surface area contributed by atoms with Gasteiger partial charge in [-0.1, -0.05) is 0 Å². The van der Waals surface area contributed by atoms with Crippen LogP contribution in [0.25, 0.3) is 0 Å². The molecule has 1 aromatic rings. The summed E-state index contributed by atoms with van der Waals surface area (Å²) in [7, 11) is 0. The topological polar surface area (TPSA) is 52.1 Å². The van der Waals surface area contributed by atoms with Crippen LogP contribution in [0.15, 0.2) is 12.3 Å². The van der Waals surface area contributed by atoms with Crippen LogP contribution >= 0.6 is 0 Å². The molecule has 0 N–H and O–H groups in total. The molecule has 0 aliphatic carbocycles. The van der Waals surface area contributed by atoms with Crippen LogP contribution in [0.3, 0.4) is 0 Å². The highest BCUT2D eigenvalue weighted by atomic mass is 16.5. The lowest BCUT2D eigenvalue weighted by Crippen LogP contribution is -2.00. The first kappa shape index (κ1) is 8.64.